The number of hydrogen-bond donors (Lipinski definition) is 0. The SMILES string of the molecule is O=C1c2oc3ccc(Cl)cc3c(=O)c2[C@@H](c2ccc(Cl)c(Cl)c2)N1C[C@H]1CCCO1. The Morgan fingerprint density at radius 1 is 1.03 bits per heavy atom. The molecule has 2 aliphatic heterocycles. The molecule has 0 N–H and O–H groups in total. The Bertz CT molecular complexity index is 1230. The lowest BCUT2D eigenvalue weighted by atomic mass is 9.98. The molecule has 0 radical (unpaired) electrons. The van der Waals surface area contributed by atoms with Crippen LogP contribution in [0.4, 0.5) is 0 Å². The second kappa shape index (κ2) is 7.57. The van der Waals surface area contributed by atoms with E-state index in [1.807, 2.05) is 0 Å². The largest absolute Gasteiger partial charge is 0.450 e. The predicted octanol–water partition coefficient (Wildman–Crippen LogP) is 5.48. The Balaban J connectivity index is 1.72. The normalized spacial score (nSPS) is 20.9. The third-order valence-electron chi connectivity index (χ3n) is 5.61. The molecule has 3 heterocycles. The summed E-state index contributed by atoms with van der Waals surface area (Å²) >= 11 is 18.4. The van der Waals surface area contributed by atoms with Gasteiger partial charge >= 0.3 is 0 Å². The second-order valence-corrected chi connectivity index (χ2v) is 8.73. The summed E-state index contributed by atoms with van der Waals surface area (Å²) < 4.78 is 11.6. The Kier molecular flexibility index (Phi) is 5.02. The van der Waals surface area contributed by atoms with Crippen molar-refractivity contribution in [1.82, 2.24) is 4.90 Å². The number of carbonyl (C=O) groups excluding carboxylic acids is 1. The summed E-state index contributed by atoms with van der Waals surface area (Å²) in [6.45, 7) is 1.02. The van der Waals surface area contributed by atoms with Crippen LogP contribution in [0.15, 0.2) is 45.6 Å². The molecule has 3 aromatic rings. The van der Waals surface area contributed by atoms with Crippen molar-refractivity contribution in [3.63, 3.8) is 0 Å². The van der Waals surface area contributed by atoms with Gasteiger partial charge in [-0.15, -0.1) is 0 Å². The van der Waals surface area contributed by atoms with E-state index in [4.69, 9.17) is 44.0 Å². The summed E-state index contributed by atoms with van der Waals surface area (Å²) in [6, 6.07) is 9.24. The van der Waals surface area contributed by atoms with Crippen molar-refractivity contribution in [2.45, 2.75) is 25.0 Å². The van der Waals surface area contributed by atoms with Crippen LogP contribution in [0.5, 0.6) is 0 Å². The van der Waals surface area contributed by atoms with E-state index in [-0.39, 0.29) is 28.8 Å². The molecule has 0 unspecified atom stereocenters. The predicted molar refractivity (Wildman–Crippen MR) is 116 cm³/mol. The number of nitrogens with zero attached hydrogens (tertiary/aromatic N) is 1. The van der Waals surface area contributed by atoms with E-state index >= 15 is 0 Å². The quantitative estimate of drug-likeness (QED) is 0.515. The molecule has 1 saturated heterocycles. The average molecular weight is 465 g/mol. The minimum absolute atomic E-state index is 0.0453. The van der Waals surface area contributed by atoms with Crippen LogP contribution in [0.1, 0.15) is 40.6 Å². The van der Waals surface area contributed by atoms with Crippen molar-refractivity contribution in [2.75, 3.05) is 13.2 Å². The van der Waals surface area contributed by atoms with Gasteiger partial charge in [0.05, 0.1) is 33.1 Å². The molecule has 5 nitrogen and oxygen atoms in total. The lowest BCUT2D eigenvalue weighted by Crippen LogP contribution is -2.36. The Labute approximate surface area is 187 Å². The van der Waals surface area contributed by atoms with Crippen LogP contribution in [0.25, 0.3) is 11.0 Å². The van der Waals surface area contributed by atoms with E-state index in [0.717, 1.165) is 12.8 Å². The number of halogens is 3. The van der Waals surface area contributed by atoms with Crippen LogP contribution in [-0.4, -0.2) is 30.1 Å². The van der Waals surface area contributed by atoms with E-state index in [2.05, 4.69) is 0 Å². The summed E-state index contributed by atoms with van der Waals surface area (Å²) in [5.41, 5.74) is 1.01. The topological polar surface area (TPSA) is 59.8 Å². The zero-order valence-corrected chi connectivity index (χ0v) is 17.9. The molecule has 1 amide bonds. The van der Waals surface area contributed by atoms with E-state index in [9.17, 15) is 9.59 Å². The molecular formula is C22H16Cl3NO4. The number of fused-ring (bicyclic) bond motifs is 2. The highest BCUT2D eigenvalue weighted by atomic mass is 35.5. The summed E-state index contributed by atoms with van der Waals surface area (Å²) in [6.07, 6.45) is 1.71. The maximum atomic E-state index is 13.4. The van der Waals surface area contributed by atoms with Crippen molar-refractivity contribution in [1.29, 1.82) is 0 Å². The van der Waals surface area contributed by atoms with Crippen LogP contribution < -0.4 is 5.43 Å². The third kappa shape index (κ3) is 3.21. The number of hydrogen-bond acceptors (Lipinski definition) is 4. The van der Waals surface area contributed by atoms with Gasteiger partial charge in [-0.05, 0) is 48.7 Å². The summed E-state index contributed by atoms with van der Waals surface area (Å²) in [4.78, 5) is 28.4. The molecule has 1 fully saturated rings. The van der Waals surface area contributed by atoms with E-state index < -0.39 is 6.04 Å². The van der Waals surface area contributed by atoms with Crippen molar-refractivity contribution >= 4 is 51.7 Å². The van der Waals surface area contributed by atoms with Crippen LogP contribution >= 0.6 is 34.8 Å². The molecule has 5 rings (SSSR count). The zero-order valence-electron chi connectivity index (χ0n) is 15.7. The fraction of sp³-hybridized carbons (Fsp3) is 0.273. The molecule has 30 heavy (non-hydrogen) atoms. The van der Waals surface area contributed by atoms with Gasteiger partial charge in [-0.25, -0.2) is 0 Å². The Morgan fingerprint density at radius 3 is 2.60 bits per heavy atom. The number of benzene rings is 2. The van der Waals surface area contributed by atoms with Crippen LogP contribution in [0.2, 0.25) is 15.1 Å². The average Bonchev–Trinajstić information content (AvgIpc) is 3.33. The van der Waals surface area contributed by atoms with Gasteiger partial charge in [-0.3, -0.25) is 9.59 Å². The number of ether oxygens (including phenoxy) is 1. The third-order valence-corrected chi connectivity index (χ3v) is 6.59. The summed E-state index contributed by atoms with van der Waals surface area (Å²) in [5.74, 6) is -0.297. The van der Waals surface area contributed by atoms with Crippen LogP contribution in [0.3, 0.4) is 0 Å². The van der Waals surface area contributed by atoms with Gasteiger partial charge in [-0.2, -0.15) is 0 Å². The number of carbonyl (C=O) groups is 1. The molecule has 1 aromatic heterocycles. The first-order valence-corrected chi connectivity index (χ1v) is 10.7. The lowest BCUT2D eigenvalue weighted by Gasteiger charge is -2.27. The molecule has 2 aromatic carbocycles. The van der Waals surface area contributed by atoms with E-state index in [1.54, 1.807) is 41.3 Å². The number of rotatable bonds is 3. The molecule has 8 heteroatoms. The first kappa shape index (κ1) is 19.9. The smallest absolute Gasteiger partial charge is 0.291 e. The number of amides is 1. The molecule has 0 bridgehead atoms. The molecule has 154 valence electrons. The van der Waals surface area contributed by atoms with Gasteiger partial charge in [-0.1, -0.05) is 40.9 Å². The minimum Gasteiger partial charge on any atom is -0.450 e. The molecule has 2 aliphatic rings. The van der Waals surface area contributed by atoms with Crippen molar-refractivity contribution in [3.8, 4) is 0 Å². The van der Waals surface area contributed by atoms with Crippen LogP contribution in [0, 0.1) is 0 Å². The lowest BCUT2D eigenvalue weighted by molar-refractivity contribution is 0.0486. The van der Waals surface area contributed by atoms with E-state index in [0.29, 0.717) is 44.8 Å². The van der Waals surface area contributed by atoms with Gasteiger partial charge < -0.3 is 14.1 Å². The first-order chi connectivity index (χ1) is 14.4. The zero-order chi connectivity index (χ0) is 21.0. The standard InChI is InChI=1S/C22H16Cl3NO4/c23-12-4-6-17-14(9-12)20(27)18-19(11-3-5-15(24)16(25)8-11)26(22(28)21(18)30-17)10-13-2-1-7-29-13/h3-6,8-9,13,19H,1-2,7,10H2/t13-,19-/m1/s1. The molecule has 0 spiro atoms. The fourth-order valence-electron chi connectivity index (χ4n) is 4.22. The maximum absolute atomic E-state index is 13.4. The van der Waals surface area contributed by atoms with Crippen molar-refractivity contribution in [3.05, 3.63) is 78.6 Å². The molecule has 2 atom stereocenters. The monoisotopic (exact) mass is 463 g/mol. The van der Waals surface area contributed by atoms with Gasteiger partial charge in [0.15, 0.2) is 5.43 Å². The highest BCUT2D eigenvalue weighted by Gasteiger charge is 2.44. The van der Waals surface area contributed by atoms with Gasteiger partial charge in [0.2, 0.25) is 5.76 Å². The van der Waals surface area contributed by atoms with Crippen LogP contribution in [-0.2, 0) is 4.74 Å². The Morgan fingerprint density at radius 2 is 1.87 bits per heavy atom. The highest BCUT2D eigenvalue weighted by molar-refractivity contribution is 6.42. The fourth-order valence-corrected chi connectivity index (χ4v) is 4.70. The summed E-state index contributed by atoms with van der Waals surface area (Å²) in [7, 11) is 0. The van der Waals surface area contributed by atoms with Crippen molar-refractivity contribution < 1.29 is 13.9 Å². The maximum Gasteiger partial charge on any atom is 0.291 e. The molecule has 0 aliphatic carbocycles. The van der Waals surface area contributed by atoms with Gasteiger partial charge in [0, 0.05) is 18.2 Å². The van der Waals surface area contributed by atoms with E-state index in [1.165, 1.54) is 0 Å². The summed E-state index contributed by atoms with van der Waals surface area (Å²) in [5, 5.41) is 1.49. The van der Waals surface area contributed by atoms with Crippen molar-refractivity contribution in [2.24, 2.45) is 0 Å². The minimum atomic E-state index is -0.647. The molecular weight excluding hydrogens is 449 g/mol. The van der Waals surface area contributed by atoms with Gasteiger partial charge in [0.25, 0.3) is 5.91 Å². The first-order valence-electron chi connectivity index (χ1n) is 9.58. The highest BCUT2D eigenvalue weighted by Crippen LogP contribution is 2.40. The van der Waals surface area contributed by atoms with Gasteiger partial charge in [0.1, 0.15) is 5.58 Å². The molecule has 0 saturated carbocycles. The Hall–Kier alpha value is -2.05. The second-order valence-electron chi connectivity index (χ2n) is 7.48.